The summed E-state index contributed by atoms with van der Waals surface area (Å²) in [4.78, 5) is 4.06. The molecule has 2 aromatic heterocycles. The summed E-state index contributed by atoms with van der Waals surface area (Å²) >= 11 is 0. The van der Waals surface area contributed by atoms with Gasteiger partial charge in [-0.1, -0.05) is 30.3 Å². The van der Waals surface area contributed by atoms with Gasteiger partial charge in [-0.25, -0.2) is 4.98 Å². The van der Waals surface area contributed by atoms with Crippen LogP contribution in [0.25, 0.3) is 11.5 Å². The molecule has 0 aliphatic heterocycles. The highest BCUT2D eigenvalue weighted by Crippen LogP contribution is 2.10. The molecule has 5 heteroatoms. The molecule has 84 valence electrons. The summed E-state index contributed by atoms with van der Waals surface area (Å²) in [5.41, 5.74) is 2.03. The lowest BCUT2D eigenvalue weighted by atomic mass is 10.2. The van der Waals surface area contributed by atoms with Crippen molar-refractivity contribution in [2.45, 2.75) is 6.54 Å². The molecule has 0 spiro atoms. The molecule has 0 fully saturated rings. The molecular weight excluding hydrogens is 214 g/mol. The van der Waals surface area contributed by atoms with Gasteiger partial charge >= 0.3 is 0 Å². The molecule has 0 aliphatic carbocycles. The molecule has 2 heterocycles. The summed E-state index contributed by atoms with van der Waals surface area (Å²) in [6.07, 6.45) is 3.41. The van der Waals surface area contributed by atoms with Crippen molar-refractivity contribution in [3.8, 4) is 11.5 Å². The monoisotopic (exact) mass is 225 g/mol. The Kier molecular flexibility index (Phi) is 2.42. The fourth-order valence-corrected chi connectivity index (χ4v) is 1.68. The number of nitrogens with one attached hydrogen (secondary N) is 1. The number of hydrogen-bond donors (Lipinski definition) is 1. The Labute approximate surface area is 98.1 Å². The van der Waals surface area contributed by atoms with Gasteiger partial charge in [0.25, 0.3) is 0 Å². The quantitative estimate of drug-likeness (QED) is 0.738. The van der Waals surface area contributed by atoms with E-state index >= 15 is 0 Å². The van der Waals surface area contributed by atoms with Crippen LogP contribution in [0.4, 0.5) is 0 Å². The Morgan fingerprint density at radius 3 is 2.76 bits per heavy atom. The first-order valence-corrected chi connectivity index (χ1v) is 5.35. The average molecular weight is 225 g/mol. The van der Waals surface area contributed by atoms with E-state index < -0.39 is 0 Å². The number of aromatic nitrogens is 5. The number of H-pyrrole nitrogens is 1. The van der Waals surface area contributed by atoms with Gasteiger partial charge in [-0.15, -0.1) is 0 Å². The van der Waals surface area contributed by atoms with E-state index in [2.05, 4.69) is 32.4 Å². The highest BCUT2D eigenvalue weighted by atomic mass is 15.3. The number of hydrogen-bond acceptors (Lipinski definition) is 3. The minimum atomic E-state index is 0.691. The van der Waals surface area contributed by atoms with E-state index in [9.17, 15) is 0 Å². The molecule has 1 N–H and O–H groups in total. The van der Waals surface area contributed by atoms with Crippen molar-refractivity contribution in [1.29, 1.82) is 0 Å². The fraction of sp³-hybridized carbons (Fsp3) is 0.0833. The number of aromatic amines is 1. The lowest BCUT2D eigenvalue weighted by molar-refractivity contribution is 0.688. The highest BCUT2D eigenvalue weighted by Gasteiger charge is 2.04. The second kappa shape index (κ2) is 4.21. The maximum atomic E-state index is 4.43. The maximum Gasteiger partial charge on any atom is 0.175 e. The van der Waals surface area contributed by atoms with Crippen LogP contribution in [0, 0.1) is 0 Å². The standard InChI is InChI=1S/C12H11N5/c1-2-4-10(5-3-1)8-17-7-6-11(16-17)12-13-9-14-15-12/h1-7,9H,8H2,(H,13,14,15). The van der Waals surface area contributed by atoms with Gasteiger partial charge in [0.15, 0.2) is 5.82 Å². The van der Waals surface area contributed by atoms with Crippen molar-refractivity contribution in [2.75, 3.05) is 0 Å². The van der Waals surface area contributed by atoms with Crippen LogP contribution in [0.5, 0.6) is 0 Å². The average Bonchev–Trinajstić information content (AvgIpc) is 3.00. The smallest absolute Gasteiger partial charge is 0.175 e. The minimum absolute atomic E-state index is 0.691. The normalized spacial score (nSPS) is 10.6. The highest BCUT2D eigenvalue weighted by molar-refractivity contribution is 5.46. The van der Waals surface area contributed by atoms with Crippen LogP contribution < -0.4 is 0 Å². The van der Waals surface area contributed by atoms with Crippen LogP contribution in [0.2, 0.25) is 0 Å². The Balaban J connectivity index is 1.82. The minimum Gasteiger partial charge on any atom is -0.268 e. The first-order valence-electron chi connectivity index (χ1n) is 5.35. The molecule has 3 aromatic rings. The Hall–Kier alpha value is -2.43. The Bertz CT molecular complexity index is 582. The summed E-state index contributed by atoms with van der Waals surface area (Å²) in [5, 5.41) is 11.0. The van der Waals surface area contributed by atoms with Crippen LogP contribution in [-0.4, -0.2) is 25.0 Å². The predicted octanol–water partition coefficient (Wildman–Crippen LogP) is 1.72. The zero-order valence-corrected chi connectivity index (χ0v) is 9.11. The fourth-order valence-electron chi connectivity index (χ4n) is 1.68. The van der Waals surface area contributed by atoms with Crippen LogP contribution in [0.15, 0.2) is 48.9 Å². The summed E-state index contributed by atoms with van der Waals surface area (Å²) in [6.45, 7) is 0.759. The van der Waals surface area contributed by atoms with Crippen LogP contribution >= 0.6 is 0 Å². The van der Waals surface area contributed by atoms with Crippen molar-refractivity contribution < 1.29 is 0 Å². The molecule has 1 aromatic carbocycles. The zero-order chi connectivity index (χ0) is 11.5. The van der Waals surface area contributed by atoms with Gasteiger partial charge < -0.3 is 0 Å². The molecule has 0 saturated carbocycles. The largest absolute Gasteiger partial charge is 0.268 e. The van der Waals surface area contributed by atoms with Gasteiger partial charge in [-0.05, 0) is 11.6 Å². The summed E-state index contributed by atoms with van der Waals surface area (Å²) in [5.74, 6) is 0.691. The van der Waals surface area contributed by atoms with Crippen molar-refractivity contribution in [3.05, 3.63) is 54.5 Å². The number of nitrogens with zero attached hydrogens (tertiary/aromatic N) is 4. The first-order chi connectivity index (χ1) is 8.42. The van der Waals surface area contributed by atoms with Crippen LogP contribution in [0.1, 0.15) is 5.56 Å². The molecular formula is C12H11N5. The second-order valence-electron chi connectivity index (χ2n) is 3.72. The molecule has 0 amide bonds. The lowest BCUT2D eigenvalue weighted by Crippen LogP contribution is -2.00. The Morgan fingerprint density at radius 2 is 2.00 bits per heavy atom. The van der Waals surface area contributed by atoms with E-state index in [-0.39, 0.29) is 0 Å². The summed E-state index contributed by atoms with van der Waals surface area (Å²) in [6, 6.07) is 12.1. The molecule has 0 atom stereocenters. The maximum absolute atomic E-state index is 4.43. The third kappa shape index (κ3) is 2.08. The molecule has 0 aliphatic rings. The molecule has 0 unspecified atom stereocenters. The predicted molar refractivity (Wildman–Crippen MR) is 63.1 cm³/mol. The molecule has 3 rings (SSSR count). The first kappa shape index (κ1) is 9.77. The third-order valence-corrected chi connectivity index (χ3v) is 2.49. The molecule has 5 nitrogen and oxygen atoms in total. The zero-order valence-electron chi connectivity index (χ0n) is 9.11. The number of benzene rings is 1. The van der Waals surface area contributed by atoms with Crippen LogP contribution in [0.3, 0.4) is 0 Å². The second-order valence-corrected chi connectivity index (χ2v) is 3.72. The van der Waals surface area contributed by atoms with Gasteiger partial charge in [-0.3, -0.25) is 9.78 Å². The van der Waals surface area contributed by atoms with Gasteiger partial charge in [0.2, 0.25) is 0 Å². The topological polar surface area (TPSA) is 59.4 Å². The van der Waals surface area contributed by atoms with Gasteiger partial charge in [-0.2, -0.15) is 10.2 Å². The van der Waals surface area contributed by atoms with E-state index in [4.69, 9.17) is 0 Å². The SMILES string of the molecule is c1ccc(Cn2ccc(-c3ncn[nH]3)n2)cc1. The lowest BCUT2D eigenvalue weighted by Gasteiger charge is -2.00. The van der Waals surface area contributed by atoms with E-state index in [0.29, 0.717) is 5.82 Å². The van der Waals surface area contributed by atoms with Crippen LogP contribution in [-0.2, 0) is 6.54 Å². The molecule has 17 heavy (non-hydrogen) atoms. The van der Waals surface area contributed by atoms with E-state index in [0.717, 1.165) is 12.2 Å². The van der Waals surface area contributed by atoms with Crippen molar-refractivity contribution in [2.24, 2.45) is 0 Å². The van der Waals surface area contributed by atoms with Crippen molar-refractivity contribution in [3.63, 3.8) is 0 Å². The van der Waals surface area contributed by atoms with E-state index in [1.54, 1.807) is 0 Å². The van der Waals surface area contributed by atoms with E-state index in [1.807, 2.05) is 35.1 Å². The molecule has 0 saturated heterocycles. The van der Waals surface area contributed by atoms with Crippen molar-refractivity contribution in [1.82, 2.24) is 25.0 Å². The van der Waals surface area contributed by atoms with Crippen molar-refractivity contribution >= 4 is 0 Å². The summed E-state index contributed by atoms with van der Waals surface area (Å²) in [7, 11) is 0. The van der Waals surface area contributed by atoms with E-state index in [1.165, 1.54) is 11.9 Å². The third-order valence-electron chi connectivity index (χ3n) is 2.49. The molecule has 0 radical (unpaired) electrons. The number of rotatable bonds is 3. The summed E-state index contributed by atoms with van der Waals surface area (Å²) < 4.78 is 1.88. The van der Waals surface area contributed by atoms with Gasteiger partial charge in [0.05, 0.1) is 6.54 Å². The van der Waals surface area contributed by atoms with Gasteiger partial charge in [0, 0.05) is 6.20 Å². The Morgan fingerprint density at radius 1 is 1.12 bits per heavy atom. The van der Waals surface area contributed by atoms with Gasteiger partial charge in [0.1, 0.15) is 12.0 Å². The molecule has 0 bridgehead atoms.